The molecule has 2 rings (SSSR count). The molecular weight excluding hydrogens is 320 g/mol. The van der Waals surface area contributed by atoms with Crippen LogP contribution in [0.15, 0.2) is 35.5 Å². The maximum Gasteiger partial charge on any atom is 0.328 e. The molecule has 0 spiro atoms. The van der Waals surface area contributed by atoms with Gasteiger partial charge in [0.1, 0.15) is 5.75 Å². The molecule has 0 saturated carbocycles. The number of carbonyl (C=O) groups is 2. The van der Waals surface area contributed by atoms with Gasteiger partial charge in [-0.25, -0.2) is 14.8 Å². The summed E-state index contributed by atoms with van der Waals surface area (Å²) in [5.41, 5.74) is 2.21. The van der Waals surface area contributed by atoms with Gasteiger partial charge in [0.2, 0.25) is 0 Å². The first-order chi connectivity index (χ1) is 11.0. The summed E-state index contributed by atoms with van der Waals surface area (Å²) in [7, 11) is 0. The number of thioether (sulfide) groups is 1. The van der Waals surface area contributed by atoms with Crippen molar-refractivity contribution in [3.63, 3.8) is 0 Å². The van der Waals surface area contributed by atoms with Gasteiger partial charge in [-0.3, -0.25) is 0 Å². The Morgan fingerprint density at radius 2 is 2.13 bits per heavy atom. The van der Waals surface area contributed by atoms with Crippen LogP contribution < -0.4 is 14.8 Å². The molecule has 23 heavy (non-hydrogen) atoms. The van der Waals surface area contributed by atoms with E-state index in [9.17, 15) is 14.7 Å². The highest BCUT2D eigenvalue weighted by molar-refractivity contribution is 7.99. The van der Waals surface area contributed by atoms with Crippen LogP contribution in [-0.4, -0.2) is 34.4 Å². The van der Waals surface area contributed by atoms with Crippen LogP contribution >= 0.6 is 11.8 Å². The molecule has 1 aromatic heterocycles. The molecular formula is C15H18N2O5S. The van der Waals surface area contributed by atoms with Crippen molar-refractivity contribution in [2.45, 2.75) is 19.0 Å². The zero-order valence-electron chi connectivity index (χ0n) is 12.8. The SMILES string of the molecule is CCOc1ccc2[nH+]c(SCC)[nH]c2c1.O=C([O-])/C=C/C(=O)O. The third kappa shape index (κ3) is 6.88. The van der Waals surface area contributed by atoms with Gasteiger partial charge in [0.05, 0.1) is 12.6 Å². The Kier molecular flexibility index (Phi) is 7.69. The maximum atomic E-state index is 9.53. The lowest BCUT2D eigenvalue weighted by Crippen LogP contribution is -2.19. The lowest BCUT2D eigenvalue weighted by atomic mass is 10.3. The van der Waals surface area contributed by atoms with E-state index in [1.165, 1.54) is 0 Å². The van der Waals surface area contributed by atoms with Crippen LogP contribution in [0.3, 0.4) is 0 Å². The Morgan fingerprint density at radius 3 is 2.65 bits per heavy atom. The topological polar surface area (TPSA) is 117 Å². The van der Waals surface area contributed by atoms with Crippen molar-refractivity contribution in [2.24, 2.45) is 0 Å². The van der Waals surface area contributed by atoms with Crippen LogP contribution in [0, 0.1) is 0 Å². The van der Waals surface area contributed by atoms with Gasteiger partial charge in [-0.2, -0.15) is 0 Å². The van der Waals surface area contributed by atoms with Crippen LogP contribution in [0.25, 0.3) is 11.0 Å². The van der Waals surface area contributed by atoms with Crippen molar-refractivity contribution in [2.75, 3.05) is 12.4 Å². The number of aliphatic carboxylic acids is 2. The molecule has 3 N–H and O–H groups in total. The largest absolute Gasteiger partial charge is 0.545 e. The predicted molar refractivity (Wildman–Crippen MR) is 84.2 cm³/mol. The predicted octanol–water partition coefficient (Wildman–Crippen LogP) is 0.870. The van der Waals surface area contributed by atoms with Crippen LogP contribution in [0.4, 0.5) is 0 Å². The molecule has 1 heterocycles. The molecule has 2 aromatic rings. The molecule has 0 aliphatic rings. The number of rotatable bonds is 6. The number of hydrogen-bond donors (Lipinski definition) is 2. The molecule has 0 atom stereocenters. The molecule has 0 saturated heterocycles. The van der Waals surface area contributed by atoms with E-state index in [0.717, 1.165) is 27.7 Å². The normalized spacial score (nSPS) is 10.3. The van der Waals surface area contributed by atoms with Gasteiger partial charge >= 0.3 is 11.1 Å². The number of carbonyl (C=O) groups excluding carboxylic acids is 1. The van der Waals surface area contributed by atoms with E-state index < -0.39 is 11.9 Å². The number of hydrogen-bond acceptors (Lipinski definition) is 5. The summed E-state index contributed by atoms with van der Waals surface area (Å²) in [6.07, 6.45) is 0.942. The van der Waals surface area contributed by atoms with Crippen LogP contribution in [0.5, 0.6) is 5.75 Å². The van der Waals surface area contributed by atoms with Gasteiger partial charge in [0.25, 0.3) is 0 Å². The average molecular weight is 338 g/mol. The molecule has 0 aliphatic carbocycles. The second kappa shape index (κ2) is 9.52. The molecule has 7 nitrogen and oxygen atoms in total. The van der Waals surface area contributed by atoms with E-state index >= 15 is 0 Å². The van der Waals surface area contributed by atoms with Crippen molar-refractivity contribution < 1.29 is 29.5 Å². The summed E-state index contributed by atoms with van der Waals surface area (Å²) in [5.74, 6) is -0.836. The first kappa shape index (κ1) is 18.6. The van der Waals surface area contributed by atoms with Gasteiger partial charge in [-0.05, 0) is 36.9 Å². The lowest BCUT2D eigenvalue weighted by molar-refractivity contribution is -0.396. The van der Waals surface area contributed by atoms with Gasteiger partial charge in [0.15, 0.2) is 11.0 Å². The summed E-state index contributed by atoms with van der Waals surface area (Å²) in [5, 5.41) is 18.3. The number of benzene rings is 1. The smallest absolute Gasteiger partial charge is 0.328 e. The van der Waals surface area contributed by atoms with Crippen molar-refractivity contribution in [3.05, 3.63) is 30.4 Å². The number of ether oxygens (including phenoxy) is 1. The van der Waals surface area contributed by atoms with E-state index in [1.807, 2.05) is 25.1 Å². The van der Waals surface area contributed by atoms with Crippen molar-refractivity contribution in [3.8, 4) is 5.75 Å². The van der Waals surface area contributed by atoms with E-state index in [0.29, 0.717) is 18.8 Å². The zero-order valence-corrected chi connectivity index (χ0v) is 13.6. The first-order valence-corrected chi connectivity index (χ1v) is 7.87. The molecule has 0 bridgehead atoms. The highest BCUT2D eigenvalue weighted by atomic mass is 32.2. The molecule has 0 unspecified atom stereocenters. The van der Waals surface area contributed by atoms with E-state index in [1.54, 1.807) is 11.8 Å². The number of aromatic nitrogens is 2. The Labute approximate surface area is 137 Å². The Morgan fingerprint density at radius 1 is 1.39 bits per heavy atom. The number of nitrogens with one attached hydrogen (secondary N) is 2. The summed E-state index contributed by atoms with van der Waals surface area (Å²) in [4.78, 5) is 25.6. The highest BCUT2D eigenvalue weighted by Crippen LogP contribution is 2.19. The minimum absolute atomic E-state index is 0.447. The summed E-state index contributed by atoms with van der Waals surface area (Å²) < 4.78 is 5.44. The Bertz CT molecular complexity index is 676. The standard InChI is InChI=1S/C11H14N2OS.C4H4O4/c1-3-14-8-5-6-9-10(7-8)13-11(12-9)15-4-2;5-3(6)1-2-4(7)8/h5-7H,3-4H2,1-2H3,(H,12,13);1-2H,(H,5,6)(H,7,8)/b;2-1+. The number of aromatic amines is 2. The molecule has 0 amide bonds. The van der Waals surface area contributed by atoms with Crippen LogP contribution in [-0.2, 0) is 9.59 Å². The van der Waals surface area contributed by atoms with E-state index in [2.05, 4.69) is 16.9 Å². The highest BCUT2D eigenvalue weighted by Gasteiger charge is 2.10. The molecule has 0 aliphatic heterocycles. The Hall–Kier alpha value is -2.48. The first-order valence-electron chi connectivity index (χ1n) is 6.88. The quantitative estimate of drug-likeness (QED) is 0.596. The van der Waals surface area contributed by atoms with Gasteiger partial charge < -0.3 is 19.7 Å². The van der Waals surface area contributed by atoms with Gasteiger partial charge in [0, 0.05) is 17.9 Å². The average Bonchev–Trinajstić information content (AvgIpc) is 2.88. The minimum Gasteiger partial charge on any atom is -0.545 e. The van der Waals surface area contributed by atoms with E-state index in [4.69, 9.17) is 9.84 Å². The van der Waals surface area contributed by atoms with Crippen LogP contribution in [0.2, 0.25) is 0 Å². The number of carboxylic acids is 2. The fraction of sp³-hybridized carbons (Fsp3) is 0.267. The van der Waals surface area contributed by atoms with Gasteiger partial charge in [-0.1, -0.05) is 6.92 Å². The van der Waals surface area contributed by atoms with Gasteiger partial charge in [-0.15, -0.1) is 0 Å². The van der Waals surface area contributed by atoms with Crippen molar-refractivity contribution in [1.29, 1.82) is 0 Å². The zero-order chi connectivity index (χ0) is 17.2. The fourth-order valence-electron chi connectivity index (χ4n) is 1.62. The molecule has 1 aromatic carbocycles. The molecule has 8 heteroatoms. The monoisotopic (exact) mass is 338 g/mol. The molecule has 0 radical (unpaired) electrons. The van der Waals surface area contributed by atoms with Crippen molar-refractivity contribution >= 4 is 34.7 Å². The van der Waals surface area contributed by atoms with Crippen molar-refractivity contribution in [1.82, 2.24) is 4.98 Å². The number of H-pyrrole nitrogens is 2. The van der Waals surface area contributed by atoms with Crippen LogP contribution in [0.1, 0.15) is 13.8 Å². The molecule has 124 valence electrons. The molecule has 0 fully saturated rings. The second-order valence-corrected chi connectivity index (χ2v) is 5.42. The Balaban J connectivity index is 0.000000284. The summed E-state index contributed by atoms with van der Waals surface area (Å²) in [6.45, 7) is 4.82. The number of carboxylic acid groups (broad SMARTS) is 2. The number of imidazole rings is 1. The lowest BCUT2D eigenvalue weighted by Gasteiger charge is -1.99. The number of fused-ring (bicyclic) bond motifs is 1. The minimum atomic E-state index is -1.51. The third-order valence-corrected chi connectivity index (χ3v) is 3.23. The maximum absolute atomic E-state index is 9.53. The van der Waals surface area contributed by atoms with E-state index in [-0.39, 0.29) is 0 Å². The second-order valence-electron chi connectivity index (χ2n) is 4.14. The fourth-order valence-corrected chi connectivity index (χ4v) is 2.28. The summed E-state index contributed by atoms with van der Waals surface area (Å²) >= 11 is 1.77. The summed E-state index contributed by atoms with van der Waals surface area (Å²) in [6, 6.07) is 6.04. The third-order valence-electron chi connectivity index (χ3n) is 2.45.